The van der Waals surface area contributed by atoms with Crippen molar-refractivity contribution in [1.82, 2.24) is 15.1 Å². The molecule has 1 saturated carbocycles. The van der Waals surface area contributed by atoms with Gasteiger partial charge in [0.15, 0.2) is 0 Å². The molecule has 0 bridgehead atoms. The van der Waals surface area contributed by atoms with Crippen molar-refractivity contribution in [2.24, 2.45) is 13.0 Å². The number of benzene rings is 1. The smallest absolute Gasteiger partial charge is 0.223 e. The molecule has 2 aromatic rings. The third-order valence-corrected chi connectivity index (χ3v) is 4.05. The van der Waals surface area contributed by atoms with Gasteiger partial charge < -0.3 is 5.32 Å². The lowest BCUT2D eigenvalue weighted by molar-refractivity contribution is -0.122. The van der Waals surface area contributed by atoms with Gasteiger partial charge in [0.05, 0.1) is 6.20 Å². The van der Waals surface area contributed by atoms with E-state index in [4.69, 9.17) is 0 Å². The lowest BCUT2D eigenvalue weighted by Crippen LogP contribution is -2.26. The Morgan fingerprint density at radius 2 is 2.19 bits per heavy atom. The summed E-state index contributed by atoms with van der Waals surface area (Å²) in [5, 5.41) is 7.20. The van der Waals surface area contributed by atoms with Crippen LogP contribution in [0.1, 0.15) is 29.9 Å². The number of carbonyl (C=O) groups is 1. The van der Waals surface area contributed by atoms with E-state index >= 15 is 0 Å². The van der Waals surface area contributed by atoms with Crippen molar-refractivity contribution in [1.29, 1.82) is 0 Å². The summed E-state index contributed by atoms with van der Waals surface area (Å²) in [7, 11) is 1.92. The molecule has 1 amide bonds. The molecule has 1 N–H and O–H groups in total. The minimum absolute atomic E-state index is 0.172. The SMILES string of the molecule is Cn1cc(CCCNC(=O)C2CC2c2ccccc2)cn1. The standard InChI is InChI=1S/C17H21N3O/c1-20-12-13(11-19-20)6-5-9-18-17(21)16-10-15(16)14-7-3-2-4-8-14/h2-4,7-8,11-12,15-16H,5-6,9-10H2,1H3,(H,18,21). The molecule has 0 saturated heterocycles. The van der Waals surface area contributed by atoms with Crippen LogP contribution in [0.25, 0.3) is 0 Å². The molecule has 1 aromatic heterocycles. The summed E-state index contributed by atoms with van der Waals surface area (Å²) >= 11 is 0. The van der Waals surface area contributed by atoms with E-state index in [0.717, 1.165) is 25.8 Å². The van der Waals surface area contributed by atoms with Gasteiger partial charge in [-0.05, 0) is 36.3 Å². The summed E-state index contributed by atoms with van der Waals surface area (Å²) in [6, 6.07) is 10.3. The lowest BCUT2D eigenvalue weighted by atomic mass is 10.1. The molecule has 1 aliphatic carbocycles. The van der Waals surface area contributed by atoms with Crippen LogP contribution in [0.3, 0.4) is 0 Å². The molecule has 1 aliphatic rings. The van der Waals surface area contributed by atoms with Crippen LogP contribution in [0, 0.1) is 5.92 Å². The number of nitrogens with one attached hydrogen (secondary N) is 1. The predicted molar refractivity (Wildman–Crippen MR) is 81.8 cm³/mol. The molecule has 1 heterocycles. The first-order valence-corrected chi connectivity index (χ1v) is 7.54. The van der Waals surface area contributed by atoms with Crippen LogP contribution in [0.5, 0.6) is 0 Å². The Bertz CT molecular complexity index is 606. The van der Waals surface area contributed by atoms with Crippen LogP contribution in [0.15, 0.2) is 42.7 Å². The molecule has 110 valence electrons. The van der Waals surface area contributed by atoms with Crippen molar-refractivity contribution in [2.45, 2.75) is 25.2 Å². The Balaban J connectivity index is 1.38. The third kappa shape index (κ3) is 3.51. The van der Waals surface area contributed by atoms with Gasteiger partial charge in [-0.15, -0.1) is 0 Å². The second kappa shape index (κ2) is 6.12. The van der Waals surface area contributed by atoms with E-state index in [1.165, 1.54) is 11.1 Å². The number of carbonyl (C=O) groups excluding carboxylic acids is 1. The molecule has 1 aromatic carbocycles. The molecular formula is C17H21N3O. The molecule has 4 nitrogen and oxygen atoms in total. The monoisotopic (exact) mass is 283 g/mol. The van der Waals surface area contributed by atoms with Crippen molar-refractivity contribution >= 4 is 5.91 Å². The maximum absolute atomic E-state index is 12.1. The average Bonchev–Trinajstić information content (AvgIpc) is 3.21. The Morgan fingerprint density at radius 1 is 1.38 bits per heavy atom. The first-order valence-electron chi connectivity index (χ1n) is 7.54. The van der Waals surface area contributed by atoms with Crippen LogP contribution in [0.2, 0.25) is 0 Å². The first-order chi connectivity index (χ1) is 10.2. The number of amides is 1. The van der Waals surface area contributed by atoms with E-state index < -0.39 is 0 Å². The van der Waals surface area contributed by atoms with Gasteiger partial charge in [0, 0.05) is 25.7 Å². The van der Waals surface area contributed by atoms with E-state index in [0.29, 0.717) is 5.92 Å². The Labute approximate surface area is 125 Å². The lowest BCUT2D eigenvalue weighted by Gasteiger charge is -2.04. The van der Waals surface area contributed by atoms with E-state index in [9.17, 15) is 4.79 Å². The highest BCUT2D eigenvalue weighted by Gasteiger charge is 2.43. The maximum atomic E-state index is 12.1. The normalized spacial score (nSPS) is 20.2. The summed E-state index contributed by atoms with van der Waals surface area (Å²) in [5.74, 6) is 0.797. The van der Waals surface area contributed by atoms with E-state index in [-0.39, 0.29) is 11.8 Å². The summed E-state index contributed by atoms with van der Waals surface area (Å²) in [5.41, 5.74) is 2.51. The van der Waals surface area contributed by atoms with Crippen LogP contribution in [0.4, 0.5) is 0 Å². The summed E-state index contributed by atoms with van der Waals surface area (Å²) in [6.07, 6.45) is 6.81. The van der Waals surface area contributed by atoms with Crippen LogP contribution >= 0.6 is 0 Å². The van der Waals surface area contributed by atoms with Gasteiger partial charge >= 0.3 is 0 Å². The Hall–Kier alpha value is -2.10. The number of hydrogen-bond acceptors (Lipinski definition) is 2. The largest absolute Gasteiger partial charge is 0.356 e. The zero-order chi connectivity index (χ0) is 14.7. The fourth-order valence-electron chi connectivity index (χ4n) is 2.79. The number of nitrogens with zero attached hydrogens (tertiary/aromatic N) is 2. The molecule has 4 heteroatoms. The summed E-state index contributed by atoms with van der Waals surface area (Å²) in [6.45, 7) is 0.742. The van der Waals surface area contributed by atoms with Gasteiger partial charge in [0.25, 0.3) is 0 Å². The molecule has 3 rings (SSSR count). The average molecular weight is 283 g/mol. The Morgan fingerprint density at radius 3 is 2.90 bits per heavy atom. The molecule has 0 aliphatic heterocycles. The highest BCUT2D eigenvalue weighted by molar-refractivity contribution is 5.82. The zero-order valence-electron chi connectivity index (χ0n) is 12.3. The van der Waals surface area contributed by atoms with Crippen molar-refractivity contribution in [3.05, 3.63) is 53.9 Å². The van der Waals surface area contributed by atoms with Gasteiger partial charge in [-0.2, -0.15) is 5.10 Å². The van der Waals surface area contributed by atoms with Crippen molar-refractivity contribution in [3.8, 4) is 0 Å². The van der Waals surface area contributed by atoms with Crippen LogP contribution in [-0.4, -0.2) is 22.2 Å². The number of aryl methyl sites for hydroxylation is 2. The van der Waals surface area contributed by atoms with Crippen molar-refractivity contribution in [3.63, 3.8) is 0 Å². The molecule has 2 atom stereocenters. The predicted octanol–water partition coefficient (Wildman–Crippen LogP) is 2.27. The molecule has 2 unspecified atom stereocenters. The fourth-order valence-corrected chi connectivity index (χ4v) is 2.79. The topological polar surface area (TPSA) is 46.9 Å². The fraction of sp³-hybridized carbons (Fsp3) is 0.412. The number of rotatable bonds is 6. The highest BCUT2D eigenvalue weighted by atomic mass is 16.2. The second-order valence-electron chi connectivity index (χ2n) is 5.78. The van der Waals surface area contributed by atoms with Crippen LogP contribution in [-0.2, 0) is 18.3 Å². The van der Waals surface area contributed by atoms with Gasteiger partial charge in [-0.3, -0.25) is 9.48 Å². The molecular weight excluding hydrogens is 262 g/mol. The number of hydrogen-bond donors (Lipinski definition) is 1. The van der Waals surface area contributed by atoms with E-state index in [2.05, 4.69) is 22.5 Å². The summed E-state index contributed by atoms with van der Waals surface area (Å²) < 4.78 is 1.81. The first kappa shape index (κ1) is 13.9. The van der Waals surface area contributed by atoms with Gasteiger partial charge in [-0.1, -0.05) is 30.3 Å². The van der Waals surface area contributed by atoms with Crippen molar-refractivity contribution < 1.29 is 4.79 Å². The van der Waals surface area contributed by atoms with Crippen molar-refractivity contribution in [2.75, 3.05) is 6.54 Å². The zero-order valence-corrected chi connectivity index (χ0v) is 12.3. The van der Waals surface area contributed by atoms with E-state index in [1.54, 1.807) is 0 Å². The quantitative estimate of drug-likeness (QED) is 0.827. The third-order valence-electron chi connectivity index (χ3n) is 4.05. The molecule has 1 fully saturated rings. The molecule has 0 radical (unpaired) electrons. The second-order valence-corrected chi connectivity index (χ2v) is 5.78. The molecule has 21 heavy (non-hydrogen) atoms. The minimum atomic E-state index is 0.172. The minimum Gasteiger partial charge on any atom is -0.356 e. The maximum Gasteiger partial charge on any atom is 0.223 e. The highest BCUT2D eigenvalue weighted by Crippen LogP contribution is 2.47. The van der Waals surface area contributed by atoms with Gasteiger partial charge in [0.1, 0.15) is 0 Å². The molecule has 0 spiro atoms. The van der Waals surface area contributed by atoms with Gasteiger partial charge in [-0.25, -0.2) is 0 Å². The van der Waals surface area contributed by atoms with E-state index in [1.807, 2.05) is 42.3 Å². The van der Waals surface area contributed by atoms with Gasteiger partial charge in [0.2, 0.25) is 5.91 Å². The van der Waals surface area contributed by atoms with Crippen LogP contribution < -0.4 is 5.32 Å². The Kier molecular flexibility index (Phi) is 4.04. The number of aromatic nitrogens is 2. The summed E-state index contributed by atoms with van der Waals surface area (Å²) in [4.78, 5) is 12.1.